The zero-order valence-electron chi connectivity index (χ0n) is 13.6. The van der Waals surface area contributed by atoms with E-state index >= 15 is 0 Å². The van der Waals surface area contributed by atoms with E-state index in [-0.39, 0.29) is 17.1 Å². The number of pyridine rings is 1. The van der Waals surface area contributed by atoms with Gasteiger partial charge < -0.3 is 15.6 Å². The Labute approximate surface area is 143 Å². The molecule has 0 bridgehead atoms. The van der Waals surface area contributed by atoms with Crippen LogP contribution in [-0.2, 0) is 12.8 Å². The lowest BCUT2D eigenvalue weighted by molar-refractivity contribution is -0.385. The maximum atomic E-state index is 11.3. The number of phenols is 1. The molecule has 1 aromatic carbocycles. The van der Waals surface area contributed by atoms with Gasteiger partial charge >= 0.3 is 5.69 Å². The molecule has 0 aliphatic heterocycles. The van der Waals surface area contributed by atoms with Gasteiger partial charge in [0.2, 0.25) is 5.75 Å². The van der Waals surface area contributed by atoms with E-state index in [1.54, 1.807) is 0 Å². The summed E-state index contributed by atoms with van der Waals surface area (Å²) in [5, 5.41) is 30.8. The fourth-order valence-corrected chi connectivity index (χ4v) is 3.23. The van der Waals surface area contributed by atoms with Crippen LogP contribution in [0.15, 0.2) is 12.1 Å². The third-order valence-corrected chi connectivity index (χ3v) is 4.37. The van der Waals surface area contributed by atoms with Gasteiger partial charge in [0.05, 0.1) is 12.0 Å². The van der Waals surface area contributed by atoms with Crippen molar-refractivity contribution in [3.05, 3.63) is 39.1 Å². The van der Waals surface area contributed by atoms with Crippen molar-refractivity contribution in [1.82, 2.24) is 4.98 Å². The van der Waals surface area contributed by atoms with Crippen LogP contribution in [0.5, 0.6) is 11.5 Å². The molecule has 0 amide bonds. The molecule has 0 spiro atoms. The molecule has 0 saturated heterocycles. The summed E-state index contributed by atoms with van der Waals surface area (Å²) in [6, 6.07) is 4.77. The summed E-state index contributed by atoms with van der Waals surface area (Å²) >= 11 is 0. The Morgan fingerprint density at radius 3 is 2.76 bits per heavy atom. The van der Waals surface area contributed by atoms with Crippen LogP contribution in [0, 0.1) is 21.4 Å². The van der Waals surface area contributed by atoms with Crippen molar-refractivity contribution in [3.8, 4) is 28.7 Å². The number of phenolic OH excluding ortho intramolecular Hbond substituents is 1. The predicted molar refractivity (Wildman–Crippen MR) is 90.3 cm³/mol. The number of nitro benzene ring substituents is 1. The average molecular weight is 340 g/mol. The van der Waals surface area contributed by atoms with Crippen molar-refractivity contribution in [2.24, 2.45) is 0 Å². The number of rotatable bonds is 3. The van der Waals surface area contributed by atoms with Crippen LogP contribution in [-0.4, -0.2) is 22.1 Å². The summed E-state index contributed by atoms with van der Waals surface area (Å²) in [7, 11) is 1.31. The number of fused-ring (bicyclic) bond motifs is 1. The Kier molecular flexibility index (Phi) is 4.15. The Hall–Kier alpha value is -3.34. The van der Waals surface area contributed by atoms with Crippen LogP contribution in [0.25, 0.3) is 11.1 Å². The lowest BCUT2D eigenvalue weighted by atomic mass is 9.86. The first-order valence-electron chi connectivity index (χ1n) is 7.75. The fourth-order valence-electron chi connectivity index (χ4n) is 3.23. The number of methoxy groups -OCH3 is 1. The van der Waals surface area contributed by atoms with Gasteiger partial charge in [0, 0.05) is 17.3 Å². The summed E-state index contributed by atoms with van der Waals surface area (Å²) in [5.41, 5.74) is 8.27. The van der Waals surface area contributed by atoms with Crippen LogP contribution in [0.2, 0.25) is 0 Å². The normalized spacial score (nSPS) is 13.0. The molecule has 25 heavy (non-hydrogen) atoms. The fraction of sp³-hybridized carbons (Fsp3) is 0.294. The second-order valence-corrected chi connectivity index (χ2v) is 5.79. The quantitative estimate of drug-likeness (QED) is 0.647. The van der Waals surface area contributed by atoms with Gasteiger partial charge in [0.1, 0.15) is 17.5 Å². The molecule has 1 aliphatic carbocycles. The van der Waals surface area contributed by atoms with Crippen LogP contribution < -0.4 is 10.5 Å². The monoisotopic (exact) mass is 340 g/mol. The molecule has 1 heterocycles. The standard InChI is InChI=1S/C17H16N4O4/c1-25-14-7-9(6-13(16(14)22)21(23)24)15-10-4-2-3-5-12(10)20-17(19)11(15)8-18/h6-7,22H,2-5H2,1H3,(H2,19,20). The summed E-state index contributed by atoms with van der Waals surface area (Å²) in [6.45, 7) is 0. The predicted octanol–water partition coefficient (Wildman–Crippen LogP) is 2.70. The third kappa shape index (κ3) is 2.70. The minimum Gasteiger partial charge on any atom is -0.500 e. The molecule has 0 radical (unpaired) electrons. The van der Waals surface area contributed by atoms with Crippen LogP contribution in [0.1, 0.15) is 29.7 Å². The van der Waals surface area contributed by atoms with E-state index in [1.165, 1.54) is 19.2 Å². The maximum absolute atomic E-state index is 11.3. The second kappa shape index (κ2) is 6.28. The summed E-state index contributed by atoms with van der Waals surface area (Å²) in [5.74, 6) is -0.480. The highest BCUT2D eigenvalue weighted by Gasteiger charge is 2.26. The van der Waals surface area contributed by atoms with Crippen LogP contribution in [0.3, 0.4) is 0 Å². The first-order valence-corrected chi connectivity index (χ1v) is 7.75. The van der Waals surface area contributed by atoms with E-state index in [2.05, 4.69) is 11.1 Å². The minimum absolute atomic E-state index is 0.0342. The number of ether oxygens (including phenoxy) is 1. The first-order chi connectivity index (χ1) is 12.0. The third-order valence-electron chi connectivity index (χ3n) is 4.37. The number of hydrogen-bond donors (Lipinski definition) is 2. The number of aryl methyl sites for hydroxylation is 1. The largest absolute Gasteiger partial charge is 0.500 e. The SMILES string of the molecule is COc1cc(-c2c(C#N)c(N)nc3c2CCCC3)cc([N+](=O)[O-])c1O. The van der Waals surface area contributed by atoms with Gasteiger partial charge in [-0.2, -0.15) is 5.26 Å². The second-order valence-electron chi connectivity index (χ2n) is 5.79. The number of aromatic hydroxyl groups is 1. The van der Waals surface area contributed by atoms with Gasteiger partial charge in [-0.3, -0.25) is 10.1 Å². The van der Waals surface area contributed by atoms with E-state index < -0.39 is 16.4 Å². The molecule has 0 fully saturated rings. The van der Waals surface area contributed by atoms with Gasteiger partial charge in [-0.05, 0) is 42.9 Å². The van der Waals surface area contributed by atoms with E-state index in [0.29, 0.717) is 17.5 Å². The lowest BCUT2D eigenvalue weighted by Crippen LogP contribution is -2.12. The highest BCUT2D eigenvalue weighted by molar-refractivity contribution is 5.82. The van der Waals surface area contributed by atoms with Crippen molar-refractivity contribution >= 4 is 11.5 Å². The Balaban J connectivity index is 2.37. The number of nitrogen functional groups attached to an aromatic ring is 1. The number of benzene rings is 1. The van der Waals surface area contributed by atoms with E-state index in [0.717, 1.165) is 30.5 Å². The Morgan fingerprint density at radius 2 is 2.12 bits per heavy atom. The zero-order chi connectivity index (χ0) is 18.1. The van der Waals surface area contributed by atoms with Gasteiger partial charge in [-0.25, -0.2) is 4.98 Å². The summed E-state index contributed by atoms with van der Waals surface area (Å²) in [6.07, 6.45) is 3.37. The topological polar surface area (TPSA) is 135 Å². The highest BCUT2D eigenvalue weighted by atomic mass is 16.6. The van der Waals surface area contributed by atoms with Gasteiger partial charge in [-0.15, -0.1) is 0 Å². The molecule has 1 aromatic heterocycles. The molecule has 0 saturated carbocycles. The summed E-state index contributed by atoms with van der Waals surface area (Å²) < 4.78 is 5.06. The van der Waals surface area contributed by atoms with Crippen molar-refractivity contribution in [2.75, 3.05) is 12.8 Å². The Bertz CT molecular complexity index is 918. The average Bonchev–Trinajstić information content (AvgIpc) is 2.60. The van der Waals surface area contributed by atoms with Crippen LogP contribution in [0.4, 0.5) is 11.5 Å². The number of anilines is 1. The highest BCUT2D eigenvalue weighted by Crippen LogP contribution is 2.43. The summed E-state index contributed by atoms with van der Waals surface area (Å²) in [4.78, 5) is 14.9. The molecule has 2 aromatic rings. The first kappa shape index (κ1) is 16.5. The van der Waals surface area contributed by atoms with Gasteiger partial charge in [0.25, 0.3) is 0 Å². The molecule has 1 aliphatic rings. The van der Waals surface area contributed by atoms with Crippen molar-refractivity contribution in [3.63, 3.8) is 0 Å². The van der Waals surface area contributed by atoms with Crippen molar-refractivity contribution in [1.29, 1.82) is 5.26 Å². The molecule has 3 rings (SSSR count). The number of nitro groups is 1. The van der Waals surface area contributed by atoms with Crippen molar-refractivity contribution < 1.29 is 14.8 Å². The lowest BCUT2D eigenvalue weighted by Gasteiger charge is -2.21. The number of hydrogen-bond acceptors (Lipinski definition) is 7. The number of nitriles is 1. The minimum atomic E-state index is -0.690. The molecule has 3 N–H and O–H groups in total. The molecular formula is C17H16N4O4. The van der Waals surface area contributed by atoms with Crippen LogP contribution >= 0.6 is 0 Å². The molecule has 0 atom stereocenters. The zero-order valence-corrected chi connectivity index (χ0v) is 13.6. The molecular weight excluding hydrogens is 324 g/mol. The van der Waals surface area contributed by atoms with E-state index in [1.807, 2.05) is 0 Å². The molecule has 0 unspecified atom stereocenters. The van der Waals surface area contributed by atoms with Gasteiger partial charge in [0.15, 0.2) is 5.75 Å². The van der Waals surface area contributed by atoms with Gasteiger partial charge in [-0.1, -0.05) is 0 Å². The molecule has 8 nitrogen and oxygen atoms in total. The van der Waals surface area contributed by atoms with Crippen molar-refractivity contribution in [2.45, 2.75) is 25.7 Å². The van der Waals surface area contributed by atoms with E-state index in [4.69, 9.17) is 10.5 Å². The molecule has 128 valence electrons. The maximum Gasteiger partial charge on any atom is 0.315 e. The smallest absolute Gasteiger partial charge is 0.315 e. The number of nitrogens with two attached hydrogens (primary N) is 1. The molecule has 8 heteroatoms. The number of aromatic nitrogens is 1. The Morgan fingerprint density at radius 1 is 1.40 bits per heavy atom. The van der Waals surface area contributed by atoms with E-state index in [9.17, 15) is 20.5 Å². The number of nitrogens with zero attached hydrogens (tertiary/aromatic N) is 3.